The second-order valence-corrected chi connectivity index (χ2v) is 5.31. The second kappa shape index (κ2) is 6.82. The molecule has 122 valence electrons. The first kappa shape index (κ1) is 16.2. The summed E-state index contributed by atoms with van der Waals surface area (Å²) in [5.74, 6) is 1.24. The molecule has 5 nitrogen and oxygen atoms in total. The highest BCUT2D eigenvalue weighted by molar-refractivity contribution is 6.00. The van der Waals surface area contributed by atoms with Crippen LogP contribution >= 0.6 is 0 Å². The van der Waals surface area contributed by atoms with Crippen molar-refractivity contribution < 1.29 is 9.47 Å². The summed E-state index contributed by atoms with van der Waals surface area (Å²) in [7, 11) is 3.16. The SMILES string of the molecule is COc1ccc(C2=CC(=C(C#N)C#N)c3ccccc3N2)cc1OC. The molecule has 0 bridgehead atoms. The van der Waals surface area contributed by atoms with E-state index in [1.54, 1.807) is 14.2 Å². The molecular formula is C20H15N3O2. The number of para-hydroxylation sites is 1. The number of ether oxygens (including phenoxy) is 2. The minimum absolute atomic E-state index is 0.0759. The molecule has 2 aromatic carbocycles. The predicted octanol–water partition coefficient (Wildman–Crippen LogP) is 3.97. The van der Waals surface area contributed by atoms with E-state index < -0.39 is 0 Å². The number of allylic oxidation sites excluding steroid dienone is 3. The van der Waals surface area contributed by atoms with Crippen LogP contribution < -0.4 is 14.8 Å². The molecule has 1 N–H and O–H groups in total. The van der Waals surface area contributed by atoms with Gasteiger partial charge >= 0.3 is 0 Å². The van der Waals surface area contributed by atoms with Crippen LogP contribution in [0.25, 0.3) is 11.3 Å². The van der Waals surface area contributed by atoms with Crippen molar-refractivity contribution >= 4 is 17.0 Å². The largest absolute Gasteiger partial charge is 0.493 e. The summed E-state index contributed by atoms with van der Waals surface area (Å²) < 4.78 is 10.6. The standard InChI is InChI=1S/C20H15N3O2/c1-24-19-8-7-13(9-20(19)25-2)18-10-16(14(11-21)12-22)15-5-3-4-6-17(15)23-18/h3-10,23H,1-2H3. The van der Waals surface area contributed by atoms with Gasteiger partial charge in [-0.15, -0.1) is 0 Å². The van der Waals surface area contributed by atoms with E-state index >= 15 is 0 Å². The van der Waals surface area contributed by atoms with E-state index in [0.717, 1.165) is 22.5 Å². The molecule has 1 heterocycles. The Balaban J connectivity index is 2.18. The molecule has 3 rings (SSSR count). The van der Waals surface area contributed by atoms with Gasteiger partial charge in [0.25, 0.3) is 0 Å². The molecule has 0 saturated heterocycles. The van der Waals surface area contributed by atoms with Crippen molar-refractivity contribution in [3.05, 3.63) is 65.2 Å². The van der Waals surface area contributed by atoms with Gasteiger partial charge in [0.05, 0.1) is 14.2 Å². The van der Waals surface area contributed by atoms with Crippen LogP contribution in [0.1, 0.15) is 11.1 Å². The summed E-state index contributed by atoms with van der Waals surface area (Å²) in [6.45, 7) is 0. The zero-order valence-corrected chi connectivity index (χ0v) is 13.8. The number of nitrogens with one attached hydrogen (secondary N) is 1. The van der Waals surface area contributed by atoms with Gasteiger partial charge in [-0.25, -0.2) is 0 Å². The number of hydrogen-bond donors (Lipinski definition) is 1. The number of methoxy groups -OCH3 is 2. The third kappa shape index (κ3) is 2.91. The highest BCUT2D eigenvalue weighted by Crippen LogP contribution is 2.38. The van der Waals surface area contributed by atoms with E-state index in [0.29, 0.717) is 17.1 Å². The van der Waals surface area contributed by atoms with Crippen LogP contribution in [0.3, 0.4) is 0 Å². The number of benzene rings is 2. The van der Waals surface area contributed by atoms with Crippen LogP contribution in [-0.4, -0.2) is 14.2 Å². The Hall–Kier alpha value is -3.70. The van der Waals surface area contributed by atoms with Gasteiger partial charge in [0.2, 0.25) is 0 Å². The Morgan fingerprint density at radius 1 is 0.960 bits per heavy atom. The van der Waals surface area contributed by atoms with Crippen molar-refractivity contribution in [1.29, 1.82) is 10.5 Å². The molecule has 0 amide bonds. The van der Waals surface area contributed by atoms with Crippen LogP contribution in [0.2, 0.25) is 0 Å². The molecule has 0 radical (unpaired) electrons. The topological polar surface area (TPSA) is 78.1 Å². The number of fused-ring (bicyclic) bond motifs is 1. The van der Waals surface area contributed by atoms with Gasteiger partial charge in [-0.1, -0.05) is 18.2 Å². The van der Waals surface area contributed by atoms with Crippen molar-refractivity contribution in [2.45, 2.75) is 0 Å². The highest BCUT2D eigenvalue weighted by Gasteiger charge is 2.19. The molecule has 0 saturated carbocycles. The van der Waals surface area contributed by atoms with E-state index in [2.05, 4.69) is 5.32 Å². The predicted molar refractivity (Wildman–Crippen MR) is 95.7 cm³/mol. The molecular weight excluding hydrogens is 314 g/mol. The van der Waals surface area contributed by atoms with E-state index in [4.69, 9.17) is 9.47 Å². The van der Waals surface area contributed by atoms with Crippen LogP contribution in [0.5, 0.6) is 11.5 Å². The maximum Gasteiger partial charge on any atom is 0.161 e. The van der Waals surface area contributed by atoms with Crippen molar-refractivity contribution in [2.24, 2.45) is 0 Å². The monoisotopic (exact) mass is 329 g/mol. The lowest BCUT2D eigenvalue weighted by Crippen LogP contribution is -2.08. The maximum absolute atomic E-state index is 9.29. The Labute approximate surface area is 146 Å². The van der Waals surface area contributed by atoms with Crippen molar-refractivity contribution in [1.82, 2.24) is 0 Å². The Kier molecular flexibility index (Phi) is 4.41. The fraction of sp³-hybridized carbons (Fsp3) is 0.100. The van der Waals surface area contributed by atoms with Crippen LogP contribution in [0.4, 0.5) is 5.69 Å². The zero-order valence-electron chi connectivity index (χ0n) is 13.8. The first-order valence-electron chi connectivity index (χ1n) is 7.56. The zero-order chi connectivity index (χ0) is 17.8. The summed E-state index contributed by atoms with van der Waals surface area (Å²) in [5.41, 5.74) is 3.98. The van der Waals surface area contributed by atoms with Crippen LogP contribution in [0.15, 0.2) is 54.1 Å². The van der Waals surface area contributed by atoms with E-state index in [1.807, 2.05) is 60.7 Å². The third-order valence-electron chi connectivity index (χ3n) is 3.96. The van der Waals surface area contributed by atoms with Crippen molar-refractivity contribution in [3.8, 4) is 23.6 Å². The molecule has 0 atom stereocenters. The average molecular weight is 329 g/mol. The number of nitriles is 2. The summed E-state index contributed by atoms with van der Waals surface area (Å²) >= 11 is 0. The molecule has 25 heavy (non-hydrogen) atoms. The van der Waals surface area contributed by atoms with E-state index in [1.165, 1.54) is 0 Å². The number of anilines is 1. The minimum atomic E-state index is 0.0759. The van der Waals surface area contributed by atoms with Gasteiger partial charge in [-0.3, -0.25) is 0 Å². The number of hydrogen-bond acceptors (Lipinski definition) is 5. The second-order valence-electron chi connectivity index (χ2n) is 5.31. The van der Waals surface area contributed by atoms with Crippen LogP contribution in [-0.2, 0) is 0 Å². The quantitative estimate of drug-likeness (QED) is 0.862. The summed E-state index contributed by atoms with van der Waals surface area (Å²) in [4.78, 5) is 0. The lowest BCUT2D eigenvalue weighted by Gasteiger charge is -2.22. The smallest absolute Gasteiger partial charge is 0.161 e. The summed E-state index contributed by atoms with van der Waals surface area (Å²) in [5, 5.41) is 21.9. The van der Waals surface area contributed by atoms with Gasteiger partial charge < -0.3 is 14.8 Å². The fourth-order valence-corrected chi connectivity index (χ4v) is 2.74. The third-order valence-corrected chi connectivity index (χ3v) is 3.96. The van der Waals surface area contributed by atoms with Crippen LogP contribution in [0, 0.1) is 22.7 Å². The first-order chi connectivity index (χ1) is 12.2. The van der Waals surface area contributed by atoms with E-state index in [9.17, 15) is 10.5 Å². The number of rotatable bonds is 3. The molecule has 1 aliphatic heterocycles. The number of nitrogens with zero attached hydrogens (tertiary/aromatic N) is 2. The van der Waals surface area contributed by atoms with E-state index in [-0.39, 0.29) is 5.57 Å². The van der Waals surface area contributed by atoms with Gasteiger partial charge in [0.1, 0.15) is 17.7 Å². The highest BCUT2D eigenvalue weighted by atomic mass is 16.5. The molecule has 5 heteroatoms. The lowest BCUT2D eigenvalue weighted by molar-refractivity contribution is 0.355. The normalized spacial score (nSPS) is 12.0. The fourth-order valence-electron chi connectivity index (χ4n) is 2.74. The van der Waals surface area contributed by atoms with Crippen molar-refractivity contribution in [3.63, 3.8) is 0 Å². The van der Waals surface area contributed by atoms with Gasteiger partial charge in [-0.05, 0) is 30.3 Å². The summed E-state index contributed by atoms with van der Waals surface area (Å²) in [6, 6.07) is 17.1. The molecule has 0 fully saturated rings. The molecule has 0 aliphatic carbocycles. The van der Waals surface area contributed by atoms with Crippen molar-refractivity contribution in [2.75, 3.05) is 19.5 Å². The molecule has 0 spiro atoms. The van der Waals surface area contributed by atoms with Gasteiger partial charge in [0.15, 0.2) is 11.5 Å². The average Bonchev–Trinajstić information content (AvgIpc) is 2.68. The van der Waals surface area contributed by atoms with Gasteiger partial charge in [0, 0.05) is 28.1 Å². The Bertz CT molecular complexity index is 959. The summed E-state index contributed by atoms with van der Waals surface area (Å²) in [6.07, 6.45) is 1.81. The minimum Gasteiger partial charge on any atom is -0.493 e. The molecule has 2 aromatic rings. The molecule has 0 aromatic heterocycles. The first-order valence-corrected chi connectivity index (χ1v) is 7.56. The Morgan fingerprint density at radius 2 is 1.68 bits per heavy atom. The molecule has 1 aliphatic rings. The molecule has 0 unspecified atom stereocenters. The Morgan fingerprint density at radius 3 is 2.36 bits per heavy atom. The lowest BCUT2D eigenvalue weighted by atomic mass is 9.93. The maximum atomic E-state index is 9.29. The van der Waals surface area contributed by atoms with Gasteiger partial charge in [-0.2, -0.15) is 10.5 Å².